The third kappa shape index (κ3) is 4.33. The quantitative estimate of drug-likeness (QED) is 0.764. The van der Waals surface area contributed by atoms with Crippen LogP contribution in [0.2, 0.25) is 5.02 Å². The van der Waals surface area contributed by atoms with Crippen molar-refractivity contribution in [2.75, 3.05) is 11.4 Å². The number of anilines is 1. The van der Waals surface area contributed by atoms with E-state index in [0.717, 1.165) is 16.8 Å². The minimum Gasteiger partial charge on any atom is -0.336 e. The number of rotatable bonds is 5. The Morgan fingerprint density at radius 1 is 1.22 bits per heavy atom. The second kappa shape index (κ2) is 8.13. The van der Waals surface area contributed by atoms with Crippen molar-refractivity contribution < 1.29 is 9.59 Å². The smallest absolute Gasteiger partial charge is 0.228 e. The number of benzene rings is 2. The molecule has 0 bridgehead atoms. The first-order chi connectivity index (χ1) is 12.9. The van der Waals surface area contributed by atoms with E-state index in [2.05, 4.69) is 0 Å². The predicted octanol–water partition coefficient (Wildman–Crippen LogP) is 4.44. The van der Waals surface area contributed by atoms with E-state index in [4.69, 9.17) is 11.6 Å². The highest BCUT2D eigenvalue weighted by molar-refractivity contribution is 6.31. The van der Waals surface area contributed by atoms with Gasteiger partial charge < -0.3 is 9.80 Å². The van der Waals surface area contributed by atoms with Crippen molar-refractivity contribution in [3.8, 4) is 0 Å². The molecule has 1 aliphatic rings. The summed E-state index contributed by atoms with van der Waals surface area (Å²) in [5, 5.41) is 0.628. The molecular weight excluding hydrogens is 360 g/mol. The van der Waals surface area contributed by atoms with Crippen molar-refractivity contribution in [2.45, 2.75) is 39.8 Å². The number of nitrogens with zero attached hydrogens (tertiary/aromatic N) is 2. The normalized spacial score (nSPS) is 16.9. The van der Waals surface area contributed by atoms with Crippen LogP contribution in [0.4, 0.5) is 5.69 Å². The van der Waals surface area contributed by atoms with E-state index in [1.54, 1.807) is 11.0 Å². The van der Waals surface area contributed by atoms with Crippen LogP contribution in [0.1, 0.15) is 31.4 Å². The number of halogens is 1. The lowest BCUT2D eigenvalue weighted by atomic mass is 10.1. The fourth-order valence-corrected chi connectivity index (χ4v) is 3.58. The molecule has 2 amide bonds. The van der Waals surface area contributed by atoms with Crippen molar-refractivity contribution in [3.05, 3.63) is 64.7 Å². The van der Waals surface area contributed by atoms with Gasteiger partial charge in [-0.3, -0.25) is 9.59 Å². The fourth-order valence-electron chi connectivity index (χ4n) is 3.40. The molecule has 0 aromatic heterocycles. The highest BCUT2D eigenvalue weighted by atomic mass is 35.5. The Kier molecular flexibility index (Phi) is 5.85. The van der Waals surface area contributed by atoms with Gasteiger partial charge in [0.2, 0.25) is 11.8 Å². The fraction of sp³-hybridized carbons (Fsp3) is 0.364. The molecule has 1 saturated heterocycles. The van der Waals surface area contributed by atoms with Crippen molar-refractivity contribution in [2.24, 2.45) is 5.92 Å². The molecule has 0 spiro atoms. The molecular formula is C22H25ClN2O2. The van der Waals surface area contributed by atoms with E-state index >= 15 is 0 Å². The van der Waals surface area contributed by atoms with E-state index in [9.17, 15) is 9.59 Å². The van der Waals surface area contributed by atoms with Crippen LogP contribution in [0.5, 0.6) is 0 Å². The maximum Gasteiger partial charge on any atom is 0.228 e. The minimum absolute atomic E-state index is 0.0305. The van der Waals surface area contributed by atoms with E-state index in [1.807, 2.05) is 68.1 Å². The summed E-state index contributed by atoms with van der Waals surface area (Å²) in [6.07, 6.45) is 0.238. The van der Waals surface area contributed by atoms with Gasteiger partial charge in [0.05, 0.1) is 5.92 Å². The SMILES string of the molecule is Cc1ccc(N2CC(C(=O)N(Cc3ccccc3)C(C)C)CC2=O)cc1Cl. The molecule has 1 heterocycles. The van der Waals surface area contributed by atoms with E-state index in [1.165, 1.54) is 0 Å². The summed E-state index contributed by atoms with van der Waals surface area (Å²) in [5.41, 5.74) is 2.81. The molecule has 142 valence electrons. The lowest BCUT2D eigenvalue weighted by Gasteiger charge is -2.29. The van der Waals surface area contributed by atoms with Crippen molar-refractivity contribution in [1.29, 1.82) is 0 Å². The lowest BCUT2D eigenvalue weighted by Crippen LogP contribution is -2.41. The molecule has 0 aliphatic carbocycles. The number of carbonyl (C=O) groups is 2. The number of aryl methyl sites for hydroxylation is 1. The molecule has 1 fully saturated rings. The molecule has 0 N–H and O–H groups in total. The Balaban J connectivity index is 1.76. The summed E-state index contributed by atoms with van der Waals surface area (Å²) in [6, 6.07) is 15.6. The Morgan fingerprint density at radius 2 is 1.93 bits per heavy atom. The second-order valence-electron chi connectivity index (χ2n) is 7.38. The van der Waals surface area contributed by atoms with Crippen molar-refractivity contribution in [3.63, 3.8) is 0 Å². The molecule has 1 atom stereocenters. The summed E-state index contributed by atoms with van der Waals surface area (Å²) < 4.78 is 0. The molecule has 2 aromatic carbocycles. The van der Waals surface area contributed by atoms with E-state index in [-0.39, 0.29) is 30.2 Å². The number of hydrogen-bond donors (Lipinski definition) is 0. The zero-order valence-corrected chi connectivity index (χ0v) is 16.7. The average Bonchev–Trinajstić information content (AvgIpc) is 3.04. The standard InChI is InChI=1S/C22H25ClN2O2/c1-15(2)24(13-17-7-5-4-6-8-17)22(27)18-11-21(26)25(14-18)19-10-9-16(3)20(23)12-19/h4-10,12,15,18H,11,13-14H2,1-3H3. The van der Waals surface area contributed by atoms with Gasteiger partial charge in [0, 0.05) is 36.3 Å². The summed E-state index contributed by atoms with van der Waals surface area (Å²) in [7, 11) is 0. The molecule has 2 aromatic rings. The van der Waals surface area contributed by atoms with Gasteiger partial charge >= 0.3 is 0 Å². The third-order valence-electron chi connectivity index (χ3n) is 5.04. The van der Waals surface area contributed by atoms with Gasteiger partial charge in [-0.05, 0) is 44.0 Å². The largest absolute Gasteiger partial charge is 0.336 e. The van der Waals surface area contributed by atoms with Crippen LogP contribution in [0.15, 0.2) is 48.5 Å². The van der Waals surface area contributed by atoms with E-state index < -0.39 is 0 Å². The van der Waals surface area contributed by atoms with E-state index in [0.29, 0.717) is 18.1 Å². The molecule has 5 heteroatoms. The van der Waals surface area contributed by atoms with Gasteiger partial charge in [0.15, 0.2) is 0 Å². The molecule has 0 radical (unpaired) electrons. The minimum atomic E-state index is -0.330. The Hall–Kier alpha value is -2.33. The first-order valence-corrected chi connectivity index (χ1v) is 9.65. The maximum atomic E-state index is 13.2. The Bertz CT molecular complexity index is 835. The molecule has 1 aliphatic heterocycles. The van der Waals surface area contributed by atoms with Crippen LogP contribution in [0.3, 0.4) is 0 Å². The van der Waals surface area contributed by atoms with Gasteiger partial charge in [0.25, 0.3) is 0 Å². The molecule has 1 unspecified atom stereocenters. The van der Waals surface area contributed by atoms with Gasteiger partial charge in [-0.1, -0.05) is 48.0 Å². The zero-order chi connectivity index (χ0) is 19.6. The summed E-state index contributed by atoms with van der Waals surface area (Å²) in [5.74, 6) is -0.330. The summed E-state index contributed by atoms with van der Waals surface area (Å²) in [6.45, 7) is 6.89. The highest BCUT2D eigenvalue weighted by Gasteiger charge is 2.37. The average molecular weight is 385 g/mol. The van der Waals surface area contributed by atoms with Crippen LogP contribution in [-0.2, 0) is 16.1 Å². The van der Waals surface area contributed by atoms with Crippen molar-refractivity contribution >= 4 is 29.1 Å². The third-order valence-corrected chi connectivity index (χ3v) is 5.45. The van der Waals surface area contributed by atoms with Gasteiger partial charge in [-0.25, -0.2) is 0 Å². The van der Waals surface area contributed by atoms with Crippen LogP contribution < -0.4 is 4.90 Å². The van der Waals surface area contributed by atoms with Crippen LogP contribution in [-0.4, -0.2) is 29.3 Å². The van der Waals surface area contributed by atoms with Crippen LogP contribution in [0.25, 0.3) is 0 Å². The van der Waals surface area contributed by atoms with Gasteiger partial charge in [-0.2, -0.15) is 0 Å². The Labute approximate surface area is 165 Å². The first kappa shape index (κ1) is 19.4. The summed E-state index contributed by atoms with van der Waals surface area (Å²) in [4.78, 5) is 29.2. The second-order valence-corrected chi connectivity index (χ2v) is 7.79. The maximum absolute atomic E-state index is 13.2. The number of amides is 2. The van der Waals surface area contributed by atoms with Crippen LogP contribution in [0, 0.1) is 12.8 Å². The topological polar surface area (TPSA) is 40.6 Å². The zero-order valence-electron chi connectivity index (χ0n) is 16.0. The molecule has 0 saturated carbocycles. The van der Waals surface area contributed by atoms with Gasteiger partial charge in [-0.15, -0.1) is 0 Å². The first-order valence-electron chi connectivity index (χ1n) is 9.27. The number of carbonyl (C=O) groups excluding carboxylic acids is 2. The number of hydrogen-bond acceptors (Lipinski definition) is 2. The lowest BCUT2D eigenvalue weighted by molar-refractivity contribution is -0.138. The van der Waals surface area contributed by atoms with Crippen molar-refractivity contribution in [1.82, 2.24) is 4.90 Å². The molecule has 4 nitrogen and oxygen atoms in total. The van der Waals surface area contributed by atoms with Gasteiger partial charge in [0.1, 0.15) is 0 Å². The predicted molar refractivity (Wildman–Crippen MR) is 109 cm³/mol. The highest BCUT2D eigenvalue weighted by Crippen LogP contribution is 2.30. The molecule has 27 heavy (non-hydrogen) atoms. The monoisotopic (exact) mass is 384 g/mol. The summed E-state index contributed by atoms with van der Waals surface area (Å²) >= 11 is 6.21. The van der Waals surface area contributed by atoms with Crippen LogP contribution >= 0.6 is 11.6 Å². The molecule has 3 rings (SSSR count). The Morgan fingerprint density at radius 3 is 2.56 bits per heavy atom.